The topological polar surface area (TPSA) is 38.5 Å². The summed E-state index contributed by atoms with van der Waals surface area (Å²) < 4.78 is 5.21. The summed E-state index contributed by atoms with van der Waals surface area (Å²) in [6.07, 6.45) is 1.29. The number of likely N-dealkylation sites (N-methyl/N-ethyl adjacent to an activating group) is 1. The van der Waals surface area contributed by atoms with Gasteiger partial charge in [0.1, 0.15) is 0 Å². The van der Waals surface area contributed by atoms with Crippen molar-refractivity contribution in [3.63, 3.8) is 0 Å². The fraction of sp³-hybridized carbons (Fsp3) is 1.00. The Hall–Kier alpha value is -0.120. The van der Waals surface area contributed by atoms with Crippen molar-refractivity contribution in [3.8, 4) is 0 Å². The van der Waals surface area contributed by atoms with Gasteiger partial charge in [-0.1, -0.05) is 13.8 Å². The van der Waals surface area contributed by atoms with E-state index in [4.69, 9.17) is 10.5 Å². The van der Waals surface area contributed by atoms with Crippen LogP contribution in [0.15, 0.2) is 0 Å². The third-order valence-electron chi connectivity index (χ3n) is 2.12. The zero-order chi connectivity index (χ0) is 9.56. The first-order chi connectivity index (χ1) is 5.74. The molecule has 2 atom stereocenters. The van der Waals surface area contributed by atoms with Gasteiger partial charge in [0.2, 0.25) is 0 Å². The van der Waals surface area contributed by atoms with E-state index in [1.807, 2.05) is 13.8 Å². The third-order valence-corrected chi connectivity index (χ3v) is 2.12. The predicted octanol–water partition coefficient (Wildman–Crippen LogP) is 0.690. The van der Waals surface area contributed by atoms with Crippen molar-refractivity contribution in [2.24, 2.45) is 5.73 Å². The normalized spacial score (nSPS) is 30.8. The van der Waals surface area contributed by atoms with Crippen LogP contribution in [0.5, 0.6) is 0 Å². The molecule has 3 nitrogen and oxygen atoms in total. The SMILES string of the molecule is CC.CO[C@@H]1CN(C)CCC1N. The molecule has 0 amide bonds. The first-order valence-corrected chi connectivity index (χ1v) is 4.71. The molecule has 0 bridgehead atoms. The molecular weight excluding hydrogens is 152 g/mol. The average molecular weight is 174 g/mol. The Morgan fingerprint density at radius 2 is 2.00 bits per heavy atom. The van der Waals surface area contributed by atoms with Crippen LogP contribution in [0.4, 0.5) is 0 Å². The van der Waals surface area contributed by atoms with Gasteiger partial charge in [0.05, 0.1) is 6.10 Å². The Balaban J connectivity index is 0.000000561. The number of nitrogens with zero attached hydrogens (tertiary/aromatic N) is 1. The zero-order valence-electron chi connectivity index (χ0n) is 8.71. The summed E-state index contributed by atoms with van der Waals surface area (Å²) in [4.78, 5) is 2.25. The molecule has 74 valence electrons. The molecule has 1 fully saturated rings. The molecule has 3 heteroatoms. The number of hydrogen-bond acceptors (Lipinski definition) is 3. The van der Waals surface area contributed by atoms with E-state index in [2.05, 4.69) is 11.9 Å². The van der Waals surface area contributed by atoms with E-state index in [0.717, 1.165) is 19.5 Å². The van der Waals surface area contributed by atoms with Gasteiger partial charge in [0, 0.05) is 19.7 Å². The van der Waals surface area contributed by atoms with Crippen molar-refractivity contribution in [1.82, 2.24) is 4.90 Å². The van der Waals surface area contributed by atoms with Crippen molar-refractivity contribution in [2.75, 3.05) is 27.2 Å². The lowest BCUT2D eigenvalue weighted by Gasteiger charge is -2.33. The van der Waals surface area contributed by atoms with E-state index in [1.165, 1.54) is 0 Å². The van der Waals surface area contributed by atoms with Crippen LogP contribution in [-0.2, 0) is 4.74 Å². The maximum Gasteiger partial charge on any atom is 0.0849 e. The summed E-state index contributed by atoms with van der Waals surface area (Å²) >= 11 is 0. The lowest BCUT2D eigenvalue weighted by atomic mass is 10.0. The standard InChI is InChI=1S/C7H16N2O.C2H6/c1-9-4-3-6(8)7(5-9)10-2;1-2/h6-7H,3-5,8H2,1-2H3;1-2H3/t6?,7-;/m1./s1. The van der Waals surface area contributed by atoms with Gasteiger partial charge in [-0.05, 0) is 20.0 Å². The maximum atomic E-state index is 5.80. The number of rotatable bonds is 1. The monoisotopic (exact) mass is 174 g/mol. The van der Waals surface area contributed by atoms with Gasteiger partial charge >= 0.3 is 0 Å². The molecule has 2 N–H and O–H groups in total. The van der Waals surface area contributed by atoms with Crippen LogP contribution in [0.3, 0.4) is 0 Å². The molecule has 12 heavy (non-hydrogen) atoms. The minimum Gasteiger partial charge on any atom is -0.379 e. The Morgan fingerprint density at radius 1 is 1.42 bits per heavy atom. The Kier molecular flexibility index (Phi) is 6.34. The molecule has 1 rings (SSSR count). The Bertz CT molecular complexity index is 109. The van der Waals surface area contributed by atoms with Gasteiger partial charge in [0.25, 0.3) is 0 Å². The van der Waals surface area contributed by atoms with Gasteiger partial charge in [-0.15, -0.1) is 0 Å². The number of likely N-dealkylation sites (tertiary alicyclic amines) is 1. The van der Waals surface area contributed by atoms with E-state index < -0.39 is 0 Å². The number of methoxy groups -OCH3 is 1. The summed E-state index contributed by atoms with van der Waals surface area (Å²) in [5.74, 6) is 0. The number of ether oxygens (including phenoxy) is 1. The van der Waals surface area contributed by atoms with Crippen LogP contribution >= 0.6 is 0 Å². The number of piperidine rings is 1. The smallest absolute Gasteiger partial charge is 0.0849 e. The van der Waals surface area contributed by atoms with Crippen molar-refractivity contribution in [2.45, 2.75) is 32.4 Å². The summed E-state index contributed by atoms with van der Waals surface area (Å²) in [6.45, 7) is 6.07. The molecule has 1 aliphatic heterocycles. The molecule has 0 aliphatic carbocycles. The van der Waals surface area contributed by atoms with Crippen molar-refractivity contribution in [3.05, 3.63) is 0 Å². The molecule has 1 unspecified atom stereocenters. The highest BCUT2D eigenvalue weighted by molar-refractivity contribution is 4.81. The zero-order valence-corrected chi connectivity index (χ0v) is 8.71. The second kappa shape index (κ2) is 6.40. The highest BCUT2D eigenvalue weighted by Gasteiger charge is 2.23. The molecule has 0 aromatic rings. The molecule has 0 saturated carbocycles. The second-order valence-corrected chi connectivity index (χ2v) is 2.99. The van der Waals surface area contributed by atoms with E-state index in [9.17, 15) is 0 Å². The van der Waals surface area contributed by atoms with Crippen LogP contribution in [0.2, 0.25) is 0 Å². The number of hydrogen-bond donors (Lipinski definition) is 1. The van der Waals surface area contributed by atoms with Gasteiger partial charge in [0.15, 0.2) is 0 Å². The molecule has 0 aromatic heterocycles. The van der Waals surface area contributed by atoms with Gasteiger partial charge in [-0.25, -0.2) is 0 Å². The van der Waals surface area contributed by atoms with Crippen LogP contribution < -0.4 is 5.73 Å². The van der Waals surface area contributed by atoms with Gasteiger partial charge < -0.3 is 15.4 Å². The first kappa shape index (κ1) is 11.9. The van der Waals surface area contributed by atoms with Gasteiger partial charge in [-0.2, -0.15) is 0 Å². The summed E-state index contributed by atoms with van der Waals surface area (Å²) in [7, 11) is 3.82. The largest absolute Gasteiger partial charge is 0.379 e. The summed E-state index contributed by atoms with van der Waals surface area (Å²) in [5.41, 5.74) is 5.80. The van der Waals surface area contributed by atoms with E-state index in [0.29, 0.717) is 0 Å². The fourth-order valence-corrected chi connectivity index (χ4v) is 1.34. The minimum atomic E-state index is 0.235. The van der Waals surface area contributed by atoms with Crippen molar-refractivity contribution in [1.29, 1.82) is 0 Å². The summed E-state index contributed by atoms with van der Waals surface area (Å²) in [6, 6.07) is 0.237. The molecule has 0 aromatic carbocycles. The molecule has 1 aliphatic rings. The van der Waals surface area contributed by atoms with Crippen LogP contribution in [0, 0.1) is 0 Å². The van der Waals surface area contributed by atoms with Crippen molar-refractivity contribution < 1.29 is 4.74 Å². The van der Waals surface area contributed by atoms with Gasteiger partial charge in [-0.3, -0.25) is 0 Å². The molecule has 0 radical (unpaired) electrons. The molecule has 1 saturated heterocycles. The lowest BCUT2D eigenvalue weighted by molar-refractivity contribution is 0.0256. The third kappa shape index (κ3) is 3.52. The van der Waals surface area contributed by atoms with Crippen LogP contribution in [-0.4, -0.2) is 44.3 Å². The molecule has 0 spiro atoms. The predicted molar refractivity (Wildman–Crippen MR) is 52.2 cm³/mol. The van der Waals surface area contributed by atoms with E-state index >= 15 is 0 Å². The van der Waals surface area contributed by atoms with E-state index in [-0.39, 0.29) is 12.1 Å². The van der Waals surface area contributed by atoms with Crippen molar-refractivity contribution >= 4 is 0 Å². The quantitative estimate of drug-likeness (QED) is 0.635. The first-order valence-electron chi connectivity index (χ1n) is 4.71. The second-order valence-electron chi connectivity index (χ2n) is 2.99. The van der Waals surface area contributed by atoms with Crippen LogP contribution in [0.1, 0.15) is 20.3 Å². The molecular formula is C9H22N2O. The number of nitrogens with two attached hydrogens (primary N) is 1. The Morgan fingerprint density at radius 3 is 2.42 bits per heavy atom. The van der Waals surface area contributed by atoms with E-state index in [1.54, 1.807) is 7.11 Å². The highest BCUT2D eigenvalue weighted by atomic mass is 16.5. The Labute approximate surface area is 75.9 Å². The summed E-state index contributed by atoms with van der Waals surface area (Å²) in [5, 5.41) is 0. The maximum absolute atomic E-state index is 5.80. The fourth-order valence-electron chi connectivity index (χ4n) is 1.34. The molecule has 1 heterocycles. The minimum absolute atomic E-state index is 0.235. The highest BCUT2D eigenvalue weighted by Crippen LogP contribution is 2.09. The lowest BCUT2D eigenvalue weighted by Crippen LogP contribution is -2.50. The average Bonchev–Trinajstić information content (AvgIpc) is 2.13. The van der Waals surface area contributed by atoms with Crippen LogP contribution in [0.25, 0.3) is 0 Å².